The van der Waals surface area contributed by atoms with Crippen LogP contribution in [0.3, 0.4) is 0 Å². The van der Waals surface area contributed by atoms with Crippen LogP contribution in [0.2, 0.25) is 0 Å². The van der Waals surface area contributed by atoms with Gasteiger partial charge < -0.3 is 10.1 Å². The zero-order valence-electron chi connectivity index (χ0n) is 15.0. The van der Waals surface area contributed by atoms with Crippen molar-refractivity contribution in [3.63, 3.8) is 0 Å². The van der Waals surface area contributed by atoms with Crippen LogP contribution >= 0.6 is 0 Å². The molecule has 0 aromatic heterocycles. The molecule has 0 radical (unpaired) electrons. The number of hydrogen-bond donors (Lipinski definition) is 2. The highest BCUT2D eigenvalue weighted by molar-refractivity contribution is 7.89. The normalized spacial score (nSPS) is 16.6. The van der Waals surface area contributed by atoms with Gasteiger partial charge in [-0.25, -0.2) is 13.1 Å². The van der Waals surface area contributed by atoms with Gasteiger partial charge in [0, 0.05) is 12.1 Å². The summed E-state index contributed by atoms with van der Waals surface area (Å²) in [6, 6.07) is 6.32. The van der Waals surface area contributed by atoms with Crippen molar-refractivity contribution in [2.45, 2.75) is 69.4 Å². The van der Waals surface area contributed by atoms with Crippen LogP contribution in [0.4, 0.5) is 0 Å². The zero-order chi connectivity index (χ0) is 18.3. The third kappa shape index (κ3) is 6.32. The number of ether oxygens (including phenoxy) is 1. The molecule has 0 saturated heterocycles. The van der Waals surface area contributed by atoms with Crippen molar-refractivity contribution in [2.24, 2.45) is 0 Å². The molecule has 1 aliphatic rings. The van der Waals surface area contributed by atoms with E-state index in [2.05, 4.69) is 17.0 Å². The van der Waals surface area contributed by atoms with Gasteiger partial charge in [-0.05, 0) is 50.5 Å². The van der Waals surface area contributed by atoms with Crippen molar-refractivity contribution in [1.82, 2.24) is 10.0 Å². The molecule has 1 atom stereocenters. The Hall–Kier alpha value is -1.60. The Morgan fingerprint density at radius 3 is 2.48 bits per heavy atom. The van der Waals surface area contributed by atoms with Crippen LogP contribution in [0, 0.1) is 0 Å². The second-order valence-electron chi connectivity index (χ2n) is 6.62. The summed E-state index contributed by atoms with van der Waals surface area (Å²) in [7, 11) is -3.50. The Morgan fingerprint density at radius 2 is 1.88 bits per heavy atom. The fraction of sp³-hybridized carbons (Fsp3) is 0.611. The van der Waals surface area contributed by atoms with E-state index in [9.17, 15) is 13.2 Å². The highest BCUT2D eigenvalue weighted by Gasteiger charge is 2.22. The minimum atomic E-state index is -3.50. The van der Waals surface area contributed by atoms with E-state index in [-0.39, 0.29) is 29.5 Å². The topological polar surface area (TPSA) is 84.5 Å². The van der Waals surface area contributed by atoms with E-state index in [0.717, 1.165) is 38.5 Å². The van der Waals surface area contributed by atoms with Crippen LogP contribution in [0.1, 0.15) is 52.4 Å². The first kappa shape index (κ1) is 19.7. The summed E-state index contributed by atoms with van der Waals surface area (Å²) in [6.07, 6.45) is 5.86. The van der Waals surface area contributed by atoms with Gasteiger partial charge in [-0.15, -0.1) is 0 Å². The van der Waals surface area contributed by atoms with Gasteiger partial charge in [0.2, 0.25) is 10.0 Å². The molecule has 0 bridgehead atoms. The number of amides is 1. The number of hydrogen-bond acceptors (Lipinski definition) is 4. The lowest BCUT2D eigenvalue weighted by molar-refractivity contribution is -0.123. The van der Waals surface area contributed by atoms with Crippen LogP contribution in [-0.4, -0.2) is 33.0 Å². The summed E-state index contributed by atoms with van der Waals surface area (Å²) in [6.45, 7) is 3.94. The molecule has 1 aromatic rings. The molecule has 0 spiro atoms. The second-order valence-corrected chi connectivity index (χ2v) is 8.33. The van der Waals surface area contributed by atoms with Crippen molar-refractivity contribution >= 4 is 15.9 Å². The second kappa shape index (κ2) is 9.20. The largest absolute Gasteiger partial charge is 0.484 e. The molecule has 0 aliphatic heterocycles. The van der Waals surface area contributed by atoms with Gasteiger partial charge in [0.25, 0.3) is 5.91 Å². The van der Waals surface area contributed by atoms with Gasteiger partial charge in [0.15, 0.2) is 6.61 Å². The van der Waals surface area contributed by atoms with E-state index in [4.69, 9.17) is 4.74 Å². The fourth-order valence-electron chi connectivity index (χ4n) is 3.02. The van der Waals surface area contributed by atoms with Crippen molar-refractivity contribution < 1.29 is 17.9 Å². The van der Waals surface area contributed by atoms with Gasteiger partial charge in [-0.3, -0.25) is 4.79 Å². The minimum absolute atomic E-state index is 0.0368. The van der Waals surface area contributed by atoms with Gasteiger partial charge in [0.1, 0.15) is 5.75 Å². The number of benzene rings is 1. The molecule has 7 heteroatoms. The maximum absolute atomic E-state index is 12.3. The summed E-state index contributed by atoms with van der Waals surface area (Å²) in [5.41, 5.74) is 0. The molecule has 1 amide bonds. The highest BCUT2D eigenvalue weighted by atomic mass is 32.2. The summed E-state index contributed by atoms with van der Waals surface area (Å²) in [5.74, 6) is 0.290. The average Bonchev–Trinajstić information content (AvgIpc) is 3.06. The number of nitrogens with one attached hydrogen (secondary N) is 2. The first-order valence-corrected chi connectivity index (χ1v) is 10.4. The van der Waals surface area contributed by atoms with E-state index < -0.39 is 10.0 Å². The third-order valence-corrected chi connectivity index (χ3v) is 5.85. The lowest BCUT2D eigenvalue weighted by atomic mass is 10.2. The molecule has 1 aromatic carbocycles. The van der Waals surface area contributed by atoms with Crippen LogP contribution in [0.5, 0.6) is 5.75 Å². The van der Waals surface area contributed by atoms with Crippen LogP contribution in [-0.2, 0) is 14.8 Å². The number of carbonyl (C=O) groups is 1. The van der Waals surface area contributed by atoms with E-state index in [0.29, 0.717) is 5.75 Å². The lowest BCUT2D eigenvalue weighted by Crippen LogP contribution is -2.35. The van der Waals surface area contributed by atoms with Gasteiger partial charge in [-0.1, -0.05) is 26.2 Å². The molecular formula is C18H28N2O4S. The standard InChI is InChI=1S/C18H28N2O4S/c1-3-6-14(2)19-18(21)13-24-16-9-11-17(12-10-16)25(22,23)20-15-7-4-5-8-15/h9-12,14-15,20H,3-8,13H2,1-2H3,(H,19,21)/t14-/m1/s1. The zero-order valence-corrected chi connectivity index (χ0v) is 15.8. The number of sulfonamides is 1. The molecule has 6 nitrogen and oxygen atoms in total. The first-order chi connectivity index (χ1) is 11.9. The van der Waals surface area contributed by atoms with Crippen molar-refractivity contribution in [3.05, 3.63) is 24.3 Å². The van der Waals surface area contributed by atoms with Crippen molar-refractivity contribution in [3.8, 4) is 5.75 Å². The maximum Gasteiger partial charge on any atom is 0.258 e. The minimum Gasteiger partial charge on any atom is -0.484 e. The van der Waals surface area contributed by atoms with E-state index in [1.54, 1.807) is 12.1 Å². The van der Waals surface area contributed by atoms with Crippen LogP contribution in [0.15, 0.2) is 29.2 Å². The lowest BCUT2D eigenvalue weighted by Gasteiger charge is -2.14. The Kier molecular flexibility index (Phi) is 7.25. The molecular weight excluding hydrogens is 340 g/mol. The Morgan fingerprint density at radius 1 is 1.24 bits per heavy atom. The van der Waals surface area contributed by atoms with Crippen molar-refractivity contribution in [1.29, 1.82) is 0 Å². The van der Waals surface area contributed by atoms with Gasteiger partial charge in [-0.2, -0.15) is 0 Å². The summed E-state index contributed by atoms with van der Waals surface area (Å²) in [4.78, 5) is 12.0. The molecule has 1 saturated carbocycles. The maximum atomic E-state index is 12.3. The average molecular weight is 368 g/mol. The summed E-state index contributed by atoms with van der Waals surface area (Å²) < 4.78 is 32.8. The van der Waals surface area contributed by atoms with Crippen LogP contribution < -0.4 is 14.8 Å². The van der Waals surface area contributed by atoms with Crippen molar-refractivity contribution in [2.75, 3.05) is 6.61 Å². The SMILES string of the molecule is CCC[C@@H](C)NC(=O)COc1ccc(S(=O)(=O)NC2CCCC2)cc1. The molecule has 1 aliphatic carbocycles. The Labute approximate surface area is 150 Å². The monoisotopic (exact) mass is 368 g/mol. The molecule has 25 heavy (non-hydrogen) atoms. The van der Waals surface area contributed by atoms with E-state index in [1.807, 2.05) is 6.92 Å². The van der Waals surface area contributed by atoms with Gasteiger partial charge >= 0.3 is 0 Å². The third-order valence-electron chi connectivity index (χ3n) is 4.31. The Balaban J connectivity index is 1.85. The number of carbonyl (C=O) groups excluding carboxylic acids is 1. The predicted molar refractivity (Wildman–Crippen MR) is 97.0 cm³/mol. The quantitative estimate of drug-likeness (QED) is 0.702. The predicted octanol–water partition coefficient (Wildman–Crippen LogP) is 2.59. The smallest absolute Gasteiger partial charge is 0.258 e. The Bertz CT molecular complexity index is 652. The number of rotatable bonds is 9. The molecule has 0 unspecified atom stereocenters. The summed E-state index contributed by atoms with van der Waals surface area (Å²) >= 11 is 0. The van der Waals surface area contributed by atoms with E-state index >= 15 is 0 Å². The highest BCUT2D eigenvalue weighted by Crippen LogP contribution is 2.21. The molecule has 2 N–H and O–H groups in total. The van der Waals surface area contributed by atoms with E-state index in [1.165, 1.54) is 12.1 Å². The van der Waals surface area contributed by atoms with Gasteiger partial charge in [0.05, 0.1) is 4.90 Å². The summed E-state index contributed by atoms with van der Waals surface area (Å²) in [5, 5.41) is 2.86. The molecule has 140 valence electrons. The molecule has 0 heterocycles. The first-order valence-electron chi connectivity index (χ1n) is 8.95. The molecule has 2 rings (SSSR count). The van der Waals surface area contributed by atoms with Crippen LogP contribution in [0.25, 0.3) is 0 Å². The molecule has 1 fully saturated rings. The fourth-order valence-corrected chi connectivity index (χ4v) is 4.32.